The van der Waals surface area contributed by atoms with Crippen LogP contribution in [-0.4, -0.2) is 41.7 Å². The van der Waals surface area contributed by atoms with Crippen LogP contribution in [0.25, 0.3) is 0 Å². The summed E-state index contributed by atoms with van der Waals surface area (Å²) >= 11 is 1.13. The second-order valence-electron chi connectivity index (χ2n) is 9.40. The van der Waals surface area contributed by atoms with Gasteiger partial charge in [0.25, 0.3) is 0 Å². The number of amides is 1. The van der Waals surface area contributed by atoms with Crippen LogP contribution in [0.15, 0.2) is 73.3 Å². The summed E-state index contributed by atoms with van der Waals surface area (Å²) in [6, 6.07) is 16.1. The Morgan fingerprint density at radius 1 is 1.13 bits per heavy atom. The standard InChI is InChI=1S/C29H30FN3O5S/c1-4-14-33(17-25(34)37-18-19-8-6-5-7-9-19)28(36)29(2,3)16-21-11-13-24(39-21)27(35)38-23-12-10-20(26(31)32)15-22(23)30/h4-13,15H,1,14,16-18H2,2-3H3,(H3,31,32). The molecule has 0 bridgehead atoms. The quantitative estimate of drug-likeness (QED) is 0.110. The maximum atomic E-state index is 14.3. The molecule has 0 fully saturated rings. The minimum Gasteiger partial charge on any atom is -0.459 e. The van der Waals surface area contributed by atoms with E-state index in [2.05, 4.69) is 6.58 Å². The summed E-state index contributed by atoms with van der Waals surface area (Å²) in [6.07, 6.45) is 1.83. The van der Waals surface area contributed by atoms with E-state index >= 15 is 0 Å². The lowest BCUT2D eigenvalue weighted by Crippen LogP contribution is -2.44. The van der Waals surface area contributed by atoms with Gasteiger partial charge in [-0.25, -0.2) is 9.18 Å². The largest absolute Gasteiger partial charge is 0.459 e. The van der Waals surface area contributed by atoms with Gasteiger partial charge in [-0.1, -0.05) is 50.3 Å². The molecule has 10 heteroatoms. The minimum absolute atomic E-state index is 0.109. The highest BCUT2D eigenvalue weighted by atomic mass is 32.1. The van der Waals surface area contributed by atoms with E-state index in [0.717, 1.165) is 27.8 Å². The highest BCUT2D eigenvalue weighted by Crippen LogP contribution is 2.30. The first-order valence-electron chi connectivity index (χ1n) is 12.0. The first-order valence-corrected chi connectivity index (χ1v) is 12.9. The molecule has 1 amide bonds. The van der Waals surface area contributed by atoms with Crippen molar-refractivity contribution < 1.29 is 28.2 Å². The van der Waals surface area contributed by atoms with Crippen LogP contribution in [0.1, 0.15) is 39.5 Å². The van der Waals surface area contributed by atoms with Crippen LogP contribution in [0.4, 0.5) is 4.39 Å². The molecule has 204 valence electrons. The molecule has 0 aliphatic carbocycles. The number of hydrogen-bond acceptors (Lipinski definition) is 7. The van der Waals surface area contributed by atoms with E-state index in [9.17, 15) is 18.8 Å². The van der Waals surface area contributed by atoms with Crippen molar-refractivity contribution in [3.05, 3.63) is 100 Å². The Bertz CT molecular complexity index is 1370. The van der Waals surface area contributed by atoms with E-state index in [-0.39, 0.29) is 54.1 Å². The second-order valence-corrected chi connectivity index (χ2v) is 10.6. The smallest absolute Gasteiger partial charge is 0.353 e. The van der Waals surface area contributed by atoms with E-state index < -0.39 is 23.2 Å². The number of carbonyl (C=O) groups excluding carboxylic acids is 3. The van der Waals surface area contributed by atoms with Crippen LogP contribution in [0.3, 0.4) is 0 Å². The van der Waals surface area contributed by atoms with Gasteiger partial charge in [-0.3, -0.25) is 15.0 Å². The summed E-state index contributed by atoms with van der Waals surface area (Å²) in [7, 11) is 0. The van der Waals surface area contributed by atoms with Crippen LogP contribution in [0, 0.1) is 16.6 Å². The van der Waals surface area contributed by atoms with Crippen molar-refractivity contribution in [2.75, 3.05) is 13.1 Å². The van der Waals surface area contributed by atoms with Crippen LogP contribution in [-0.2, 0) is 27.4 Å². The summed E-state index contributed by atoms with van der Waals surface area (Å²) in [5.74, 6) is -2.96. The summed E-state index contributed by atoms with van der Waals surface area (Å²) in [6.45, 7) is 7.25. The third kappa shape index (κ3) is 8.08. The molecule has 0 aliphatic heterocycles. The molecule has 2 aromatic carbocycles. The predicted molar refractivity (Wildman–Crippen MR) is 147 cm³/mol. The van der Waals surface area contributed by atoms with E-state index in [4.69, 9.17) is 20.6 Å². The molecule has 1 aromatic heterocycles. The van der Waals surface area contributed by atoms with Crippen molar-refractivity contribution in [1.29, 1.82) is 5.41 Å². The lowest BCUT2D eigenvalue weighted by atomic mass is 9.87. The first-order chi connectivity index (χ1) is 18.5. The number of benzene rings is 2. The van der Waals surface area contributed by atoms with Gasteiger partial charge in [0.15, 0.2) is 11.6 Å². The summed E-state index contributed by atoms with van der Waals surface area (Å²) in [4.78, 5) is 40.8. The number of hydrogen-bond donors (Lipinski definition) is 2. The molecule has 3 N–H and O–H groups in total. The Balaban J connectivity index is 1.62. The molecule has 0 atom stereocenters. The Morgan fingerprint density at radius 3 is 2.49 bits per heavy atom. The highest BCUT2D eigenvalue weighted by Gasteiger charge is 2.34. The molecule has 8 nitrogen and oxygen atoms in total. The zero-order valence-corrected chi connectivity index (χ0v) is 22.6. The molecule has 0 saturated heterocycles. The topological polar surface area (TPSA) is 123 Å². The van der Waals surface area contributed by atoms with Crippen LogP contribution >= 0.6 is 11.3 Å². The molecule has 39 heavy (non-hydrogen) atoms. The molecule has 0 aliphatic rings. The summed E-state index contributed by atoms with van der Waals surface area (Å²) in [5, 5.41) is 7.37. The Labute approximate surface area is 230 Å². The van der Waals surface area contributed by atoms with Gasteiger partial charge in [0.2, 0.25) is 5.91 Å². The highest BCUT2D eigenvalue weighted by molar-refractivity contribution is 7.14. The fourth-order valence-corrected chi connectivity index (χ4v) is 4.85. The number of esters is 2. The van der Waals surface area contributed by atoms with Crippen molar-refractivity contribution in [3.8, 4) is 5.75 Å². The van der Waals surface area contributed by atoms with E-state index in [1.807, 2.05) is 30.3 Å². The molecule has 3 rings (SSSR count). The number of rotatable bonds is 12. The number of nitrogens with zero attached hydrogens (tertiary/aromatic N) is 1. The van der Waals surface area contributed by atoms with E-state index in [1.165, 1.54) is 17.0 Å². The second kappa shape index (κ2) is 13.0. The van der Waals surface area contributed by atoms with Gasteiger partial charge in [-0.05, 0) is 42.3 Å². The monoisotopic (exact) mass is 551 g/mol. The molecule has 0 unspecified atom stereocenters. The summed E-state index contributed by atoms with van der Waals surface area (Å²) in [5.41, 5.74) is 5.45. The molecule has 0 saturated carbocycles. The predicted octanol–water partition coefficient (Wildman–Crippen LogP) is 4.72. The van der Waals surface area contributed by atoms with Gasteiger partial charge in [-0.2, -0.15) is 0 Å². The van der Waals surface area contributed by atoms with Gasteiger partial charge in [0.1, 0.15) is 23.9 Å². The van der Waals surface area contributed by atoms with Crippen molar-refractivity contribution in [1.82, 2.24) is 4.90 Å². The lowest BCUT2D eigenvalue weighted by Gasteiger charge is -2.30. The lowest BCUT2D eigenvalue weighted by molar-refractivity contribution is -0.152. The molecular formula is C29H30FN3O5S. The summed E-state index contributed by atoms with van der Waals surface area (Å²) < 4.78 is 24.8. The first kappa shape index (κ1) is 29.2. The van der Waals surface area contributed by atoms with Crippen molar-refractivity contribution in [3.63, 3.8) is 0 Å². The average Bonchev–Trinajstić information content (AvgIpc) is 3.36. The molecule has 0 radical (unpaired) electrons. The fraction of sp³-hybridized carbons (Fsp3) is 0.241. The number of nitrogens with one attached hydrogen (secondary N) is 1. The van der Waals surface area contributed by atoms with Gasteiger partial charge >= 0.3 is 11.9 Å². The van der Waals surface area contributed by atoms with E-state index in [1.54, 1.807) is 32.1 Å². The Kier molecular flexibility index (Phi) is 9.73. The van der Waals surface area contributed by atoms with Gasteiger partial charge in [-0.15, -0.1) is 17.9 Å². The Hall–Kier alpha value is -4.31. The maximum Gasteiger partial charge on any atom is 0.353 e. The molecule has 3 aromatic rings. The zero-order chi connectivity index (χ0) is 28.6. The van der Waals surface area contributed by atoms with Crippen molar-refractivity contribution in [2.24, 2.45) is 11.1 Å². The minimum atomic E-state index is -0.913. The van der Waals surface area contributed by atoms with Crippen molar-refractivity contribution >= 4 is 35.0 Å². The number of thiophene rings is 1. The molecule has 1 heterocycles. The van der Waals surface area contributed by atoms with E-state index in [0.29, 0.717) is 0 Å². The number of amidine groups is 1. The number of halogens is 1. The van der Waals surface area contributed by atoms with Gasteiger partial charge < -0.3 is 20.1 Å². The van der Waals surface area contributed by atoms with Gasteiger partial charge in [0, 0.05) is 22.4 Å². The fourth-order valence-electron chi connectivity index (χ4n) is 3.74. The third-order valence-corrected chi connectivity index (χ3v) is 6.77. The normalized spacial score (nSPS) is 10.9. The van der Waals surface area contributed by atoms with Crippen LogP contribution in [0.2, 0.25) is 0 Å². The Morgan fingerprint density at radius 2 is 1.85 bits per heavy atom. The maximum absolute atomic E-state index is 14.3. The SMILES string of the molecule is C=CCN(CC(=O)OCc1ccccc1)C(=O)C(C)(C)Cc1ccc(C(=O)Oc2ccc(C(=N)N)cc2F)s1. The molecule has 0 spiro atoms. The number of nitrogen functional groups attached to an aromatic ring is 1. The van der Waals surface area contributed by atoms with Crippen molar-refractivity contribution in [2.45, 2.75) is 26.9 Å². The van der Waals surface area contributed by atoms with Crippen LogP contribution in [0.5, 0.6) is 5.75 Å². The number of ether oxygens (including phenoxy) is 2. The third-order valence-electron chi connectivity index (χ3n) is 5.70. The molecular weight excluding hydrogens is 521 g/mol. The average molecular weight is 552 g/mol. The zero-order valence-electron chi connectivity index (χ0n) is 21.7. The van der Waals surface area contributed by atoms with Crippen LogP contribution < -0.4 is 10.5 Å². The van der Waals surface area contributed by atoms with Gasteiger partial charge in [0.05, 0.1) is 0 Å². The number of nitrogens with two attached hydrogens (primary N) is 1. The number of carbonyl (C=O) groups is 3.